The Morgan fingerprint density at radius 1 is 1.22 bits per heavy atom. The van der Waals surface area contributed by atoms with Crippen molar-refractivity contribution in [2.75, 3.05) is 5.32 Å². The maximum absolute atomic E-state index is 12.0. The quantitative estimate of drug-likeness (QED) is 0.671. The van der Waals surface area contributed by atoms with Crippen molar-refractivity contribution in [2.24, 2.45) is 0 Å². The molecular formula is C15H12F2N2O4. The Labute approximate surface area is 129 Å². The molecule has 1 amide bonds. The first-order valence-electron chi connectivity index (χ1n) is 6.48. The summed E-state index contributed by atoms with van der Waals surface area (Å²) >= 11 is 0. The van der Waals surface area contributed by atoms with Gasteiger partial charge in [-0.15, -0.1) is 0 Å². The predicted octanol–water partition coefficient (Wildman–Crippen LogP) is 3.76. The first kappa shape index (κ1) is 16.3. The van der Waals surface area contributed by atoms with Gasteiger partial charge < -0.3 is 10.1 Å². The Hall–Kier alpha value is -3.03. The number of anilines is 1. The van der Waals surface area contributed by atoms with E-state index in [-0.39, 0.29) is 22.7 Å². The Morgan fingerprint density at radius 3 is 2.43 bits per heavy atom. The molecule has 2 aromatic carbocycles. The number of amides is 1. The highest BCUT2D eigenvalue weighted by Gasteiger charge is 2.13. The lowest BCUT2D eigenvalue weighted by molar-refractivity contribution is -0.385. The maximum Gasteiger partial charge on any atom is 0.387 e. The lowest BCUT2D eigenvalue weighted by atomic mass is 10.1. The van der Waals surface area contributed by atoms with E-state index < -0.39 is 17.4 Å². The summed E-state index contributed by atoms with van der Waals surface area (Å²) < 4.78 is 28.3. The zero-order valence-electron chi connectivity index (χ0n) is 12.0. The van der Waals surface area contributed by atoms with Gasteiger partial charge in [-0.25, -0.2) is 0 Å². The smallest absolute Gasteiger partial charge is 0.387 e. The zero-order chi connectivity index (χ0) is 17.0. The number of nitro benzene ring substituents is 1. The summed E-state index contributed by atoms with van der Waals surface area (Å²) in [4.78, 5) is 22.4. The zero-order valence-corrected chi connectivity index (χ0v) is 12.0. The van der Waals surface area contributed by atoms with E-state index in [4.69, 9.17) is 0 Å². The normalized spacial score (nSPS) is 10.4. The first-order chi connectivity index (χ1) is 10.9. The van der Waals surface area contributed by atoms with Crippen molar-refractivity contribution >= 4 is 17.3 Å². The van der Waals surface area contributed by atoms with Gasteiger partial charge in [0.25, 0.3) is 11.6 Å². The van der Waals surface area contributed by atoms with E-state index in [1.54, 1.807) is 6.92 Å². The third kappa shape index (κ3) is 4.22. The molecule has 0 fully saturated rings. The van der Waals surface area contributed by atoms with Crippen molar-refractivity contribution < 1.29 is 23.2 Å². The van der Waals surface area contributed by atoms with E-state index in [0.29, 0.717) is 5.56 Å². The molecule has 23 heavy (non-hydrogen) atoms. The van der Waals surface area contributed by atoms with Crippen LogP contribution in [0.1, 0.15) is 15.9 Å². The molecule has 0 aliphatic heterocycles. The number of carbonyl (C=O) groups excluding carboxylic acids is 1. The predicted molar refractivity (Wildman–Crippen MR) is 78.9 cm³/mol. The molecular weight excluding hydrogens is 310 g/mol. The summed E-state index contributed by atoms with van der Waals surface area (Å²) in [7, 11) is 0. The molecule has 0 spiro atoms. The van der Waals surface area contributed by atoms with Crippen LogP contribution in [0.15, 0.2) is 42.5 Å². The van der Waals surface area contributed by atoms with E-state index in [2.05, 4.69) is 10.1 Å². The van der Waals surface area contributed by atoms with Crippen LogP contribution in [0.4, 0.5) is 20.2 Å². The van der Waals surface area contributed by atoms with E-state index in [0.717, 1.165) is 0 Å². The monoisotopic (exact) mass is 322 g/mol. The number of aryl methyl sites for hydroxylation is 1. The Bertz CT molecular complexity index is 733. The van der Waals surface area contributed by atoms with Gasteiger partial charge in [0.05, 0.1) is 4.92 Å². The molecule has 0 aliphatic carbocycles. The molecule has 0 unspecified atom stereocenters. The second-order valence-corrected chi connectivity index (χ2v) is 4.62. The summed E-state index contributed by atoms with van der Waals surface area (Å²) in [5.74, 6) is -0.589. The molecule has 0 aromatic heterocycles. The first-order valence-corrected chi connectivity index (χ1v) is 6.48. The van der Waals surface area contributed by atoms with Gasteiger partial charge >= 0.3 is 6.61 Å². The number of benzene rings is 2. The van der Waals surface area contributed by atoms with Gasteiger partial charge in [-0.2, -0.15) is 8.78 Å². The van der Waals surface area contributed by atoms with Crippen molar-refractivity contribution in [1.29, 1.82) is 0 Å². The van der Waals surface area contributed by atoms with Crippen molar-refractivity contribution in [1.82, 2.24) is 0 Å². The number of nitrogens with one attached hydrogen (secondary N) is 1. The number of halogens is 2. The molecule has 0 heterocycles. The molecule has 2 aromatic rings. The van der Waals surface area contributed by atoms with E-state index in [1.807, 2.05) is 0 Å². The highest BCUT2D eigenvalue weighted by atomic mass is 19.3. The molecule has 1 N–H and O–H groups in total. The summed E-state index contributed by atoms with van der Waals surface area (Å²) in [6.07, 6.45) is 0. The van der Waals surface area contributed by atoms with Gasteiger partial charge in [0, 0.05) is 22.9 Å². The third-order valence-corrected chi connectivity index (χ3v) is 3.01. The lowest BCUT2D eigenvalue weighted by Gasteiger charge is -2.08. The van der Waals surface area contributed by atoms with Crippen molar-refractivity contribution in [2.45, 2.75) is 13.5 Å². The Morgan fingerprint density at radius 2 is 1.87 bits per heavy atom. The third-order valence-electron chi connectivity index (χ3n) is 3.01. The second-order valence-electron chi connectivity index (χ2n) is 4.62. The van der Waals surface area contributed by atoms with Crippen molar-refractivity contribution in [3.63, 3.8) is 0 Å². The second kappa shape index (κ2) is 6.82. The van der Waals surface area contributed by atoms with Gasteiger partial charge in [-0.05, 0) is 37.3 Å². The van der Waals surface area contributed by atoms with Crippen LogP contribution in [0.3, 0.4) is 0 Å². The van der Waals surface area contributed by atoms with Gasteiger partial charge in [-0.1, -0.05) is 6.07 Å². The molecule has 2 rings (SSSR count). The molecule has 0 atom stereocenters. The standard InChI is InChI=1S/C15H12F2N2O4/c1-9-2-5-11(8-13(9)19(21)22)18-14(20)10-3-6-12(7-4-10)23-15(16)17/h2-8,15H,1H3,(H,18,20). The number of ether oxygens (including phenoxy) is 1. The lowest BCUT2D eigenvalue weighted by Crippen LogP contribution is -2.12. The molecule has 0 aliphatic rings. The number of hydrogen-bond donors (Lipinski definition) is 1. The van der Waals surface area contributed by atoms with Gasteiger partial charge in [0.15, 0.2) is 0 Å². The summed E-state index contributed by atoms with van der Waals surface area (Å²) in [5.41, 5.74) is 0.833. The largest absolute Gasteiger partial charge is 0.435 e. The topological polar surface area (TPSA) is 81.5 Å². The highest BCUT2D eigenvalue weighted by Crippen LogP contribution is 2.23. The Balaban J connectivity index is 2.13. The SMILES string of the molecule is Cc1ccc(NC(=O)c2ccc(OC(F)F)cc2)cc1[N+](=O)[O-]. The number of rotatable bonds is 5. The summed E-state index contributed by atoms with van der Waals surface area (Å²) in [5, 5.41) is 13.4. The fourth-order valence-corrected chi connectivity index (χ4v) is 1.87. The molecule has 0 saturated heterocycles. The molecule has 0 saturated carbocycles. The van der Waals surface area contributed by atoms with Crippen LogP contribution in [0.25, 0.3) is 0 Å². The molecule has 120 valence electrons. The summed E-state index contributed by atoms with van der Waals surface area (Å²) in [6.45, 7) is -1.35. The summed E-state index contributed by atoms with van der Waals surface area (Å²) in [6, 6.07) is 9.41. The van der Waals surface area contributed by atoms with E-state index in [9.17, 15) is 23.7 Å². The van der Waals surface area contributed by atoms with Crippen LogP contribution in [0.5, 0.6) is 5.75 Å². The van der Waals surface area contributed by atoms with Crippen LogP contribution in [0, 0.1) is 17.0 Å². The average Bonchev–Trinajstić information content (AvgIpc) is 2.49. The molecule has 8 heteroatoms. The number of carbonyl (C=O) groups is 1. The van der Waals surface area contributed by atoms with Crippen LogP contribution in [-0.4, -0.2) is 17.4 Å². The van der Waals surface area contributed by atoms with Crippen molar-refractivity contribution in [3.05, 3.63) is 63.7 Å². The highest BCUT2D eigenvalue weighted by molar-refractivity contribution is 6.04. The van der Waals surface area contributed by atoms with Gasteiger partial charge in [0.1, 0.15) is 5.75 Å². The van der Waals surface area contributed by atoms with Crippen LogP contribution in [-0.2, 0) is 0 Å². The minimum Gasteiger partial charge on any atom is -0.435 e. The fourth-order valence-electron chi connectivity index (χ4n) is 1.87. The molecule has 6 nitrogen and oxygen atoms in total. The van der Waals surface area contributed by atoms with Gasteiger partial charge in [0.2, 0.25) is 0 Å². The van der Waals surface area contributed by atoms with Crippen LogP contribution < -0.4 is 10.1 Å². The minimum atomic E-state index is -2.94. The van der Waals surface area contributed by atoms with Gasteiger partial charge in [-0.3, -0.25) is 14.9 Å². The van der Waals surface area contributed by atoms with Crippen LogP contribution in [0.2, 0.25) is 0 Å². The number of nitrogens with zero attached hydrogens (tertiary/aromatic N) is 1. The van der Waals surface area contributed by atoms with E-state index >= 15 is 0 Å². The van der Waals surface area contributed by atoms with E-state index in [1.165, 1.54) is 42.5 Å². The van der Waals surface area contributed by atoms with Crippen LogP contribution >= 0.6 is 0 Å². The van der Waals surface area contributed by atoms with Crippen molar-refractivity contribution in [3.8, 4) is 5.75 Å². The molecule has 0 bridgehead atoms. The minimum absolute atomic E-state index is 0.0671. The average molecular weight is 322 g/mol. The number of alkyl halides is 2. The number of nitro groups is 1. The molecule has 0 radical (unpaired) electrons. The maximum atomic E-state index is 12.0. The fraction of sp³-hybridized carbons (Fsp3) is 0.133. The Kier molecular flexibility index (Phi) is 4.85. The number of hydrogen-bond acceptors (Lipinski definition) is 4.